The third-order valence-corrected chi connectivity index (χ3v) is 7.90. The highest BCUT2D eigenvalue weighted by Gasteiger charge is 2.22. The van der Waals surface area contributed by atoms with E-state index in [1.165, 1.54) is 0 Å². The fourth-order valence-corrected chi connectivity index (χ4v) is 8.06. The molecule has 0 spiro atoms. The van der Waals surface area contributed by atoms with Crippen LogP contribution in [0.25, 0.3) is 0 Å². The zero-order valence-electron chi connectivity index (χ0n) is 8.93. The van der Waals surface area contributed by atoms with Crippen molar-refractivity contribution in [2.75, 3.05) is 13.2 Å². The summed E-state index contributed by atoms with van der Waals surface area (Å²) in [5.74, 6) is 0. The molecule has 0 aliphatic heterocycles. The van der Waals surface area contributed by atoms with Crippen LogP contribution in [0.5, 0.6) is 0 Å². The molecule has 6 heteroatoms. The van der Waals surface area contributed by atoms with Crippen molar-refractivity contribution in [3.05, 3.63) is 0 Å². The highest BCUT2D eigenvalue weighted by molar-refractivity contribution is 8.69. The summed E-state index contributed by atoms with van der Waals surface area (Å²) < 4.78 is 11.2. The second-order valence-corrected chi connectivity index (χ2v) is 10.0. The van der Waals surface area contributed by atoms with E-state index in [2.05, 4.69) is 19.6 Å². The predicted octanol–water partition coefficient (Wildman–Crippen LogP) is 4.07. The molecule has 0 aliphatic rings. The molecule has 0 rings (SSSR count). The van der Waals surface area contributed by atoms with Gasteiger partial charge in [-0.05, 0) is 32.1 Å². The van der Waals surface area contributed by atoms with Crippen LogP contribution in [0.15, 0.2) is 0 Å². The van der Waals surface area contributed by atoms with Gasteiger partial charge < -0.3 is 9.05 Å². The average Bonchev–Trinajstić information content (AvgIpc) is 2.04. The van der Waals surface area contributed by atoms with Crippen LogP contribution >= 0.6 is 29.7 Å². The molecule has 1 atom stereocenters. The first-order chi connectivity index (χ1) is 6.58. The Balaban J connectivity index is 4.13. The Bertz CT molecular complexity index is 179. The Labute approximate surface area is 102 Å². The van der Waals surface area contributed by atoms with Crippen molar-refractivity contribution >= 4 is 41.5 Å². The summed E-state index contributed by atoms with van der Waals surface area (Å²) in [6.07, 6.45) is 2.14. The third-order valence-electron chi connectivity index (χ3n) is 1.36. The Kier molecular flexibility index (Phi) is 9.19. The van der Waals surface area contributed by atoms with Crippen LogP contribution in [0.1, 0.15) is 33.6 Å². The summed E-state index contributed by atoms with van der Waals surface area (Å²) in [6, 6.07) is 0. The van der Waals surface area contributed by atoms with Crippen molar-refractivity contribution in [2.24, 2.45) is 0 Å². The largest absolute Gasteiger partial charge is 0.322 e. The van der Waals surface area contributed by atoms with Gasteiger partial charge in [0.05, 0.1) is 17.8 Å². The molecule has 2 nitrogen and oxygen atoms in total. The average molecular weight is 274 g/mol. The summed E-state index contributed by atoms with van der Waals surface area (Å²) in [5.41, 5.74) is -2.13. The molecule has 0 aromatic heterocycles. The highest BCUT2D eigenvalue weighted by Crippen LogP contribution is 2.63. The van der Waals surface area contributed by atoms with Gasteiger partial charge in [0.2, 0.25) is 5.69 Å². The Morgan fingerprint density at radius 1 is 1.29 bits per heavy atom. The van der Waals surface area contributed by atoms with Gasteiger partial charge in [-0.15, -0.1) is 0 Å². The molecule has 0 heterocycles. The van der Waals surface area contributed by atoms with E-state index in [1.807, 2.05) is 13.8 Å². The van der Waals surface area contributed by atoms with Crippen LogP contribution in [0.4, 0.5) is 0 Å². The molecule has 0 aliphatic carbocycles. The minimum atomic E-state index is -2.13. The molecule has 0 amide bonds. The molecule has 1 unspecified atom stereocenters. The molecule has 0 radical (unpaired) electrons. The van der Waals surface area contributed by atoms with Gasteiger partial charge in [-0.3, -0.25) is 0 Å². The lowest BCUT2D eigenvalue weighted by molar-refractivity contribution is 0.280. The Morgan fingerprint density at radius 2 is 1.79 bits per heavy atom. The summed E-state index contributed by atoms with van der Waals surface area (Å²) in [7, 11) is 0. The second-order valence-electron chi connectivity index (χ2n) is 2.63. The first kappa shape index (κ1) is 15.3. The second kappa shape index (κ2) is 8.43. The van der Waals surface area contributed by atoms with E-state index in [0.29, 0.717) is 13.2 Å². The summed E-state index contributed by atoms with van der Waals surface area (Å²) in [5, 5.41) is 0. The summed E-state index contributed by atoms with van der Waals surface area (Å²) >= 11 is 11.4. The maximum Gasteiger partial charge on any atom is 0.248 e. The maximum atomic E-state index is 5.50. The maximum absolute atomic E-state index is 5.50. The van der Waals surface area contributed by atoms with Crippen molar-refractivity contribution in [1.82, 2.24) is 0 Å². The normalized spacial score (nSPS) is 14.3. The minimum Gasteiger partial charge on any atom is -0.322 e. The lowest BCUT2D eigenvalue weighted by Gasteiger charge is -2.22. The van der Waals surface area contributed by atoms with Gasteiger partial charge in [-0.2, -0.15) is 12.6 Å². The van der Waals surface area contributed by atoms with Gasteiger partial charge in [-0.25, -0.2) is 0 Å². The quantitative estimate of drug-likeness (QED) is 0.408. The van der Waals surface area contributed by atoms with Gasteiger partial charge in [0.15, 0.2) is 0 Å². The van der Waals surface area contributed by atoms with E-state index >= 15 is 0 Å². The number of hydrogen-bond acceptors (Lipinski definition) is 5. The van der Waals surface area contributed by atoms with Crippen LogP contribution in [0.3, 0.4) is 0 Å². The van der Waals surface area contributed by atoms with Crippen molar-refractivity contribution in [1.29, 1.82) is 0 Å². The van der Waals surface area contributed by atoms with Crippen molar-refractivity contribution in [2.45, 2.75) is 38.2 Å². The first-order valence-corrected chi connectivity index (χ1v) is 9.47. The smallest absolute Gasteiger partial charge is 0.248 e. The van der Waals surface area contributed by atoms with Gasteiger partial charge in [0, 0.05) is 0 Å². The van der Waals surface area contributed by atoms with Crippen molar-refractivity contribution in [3.8, 4) is 0 Å². The summed E-state index contributed by atoms with van der Waals surface area (Å²) in [4.78, 5) is 0. The monoisotopic (exact) mass is 274 g/mol. The highest BCUT2D eigenvalue weighted by atomic mass is 32.9. The third kappa shape index (κ3) is 6.70. The van der Waals surface area contributed by atoms with E-state index in [4.69, 9.17) is 20.9 Å². The van der Waals surface area contributed by atoms with E-state index in [-0.39, 0.29) is 4.58 Å². The molecule has 0 bridgehead atoms. The molecule has 0 N–H and O–H groups in total. The van der Waals surface area contributed by atoms with E-state index in [0.717, 1.165) is 12.8 Å². The zero-order valence-corrected chi connectivity index (χ0v) is 12.4. The lowest BCUT2D eigenvalue weighted by atomic mass is 10.4. The van der Waals surface area contributed by atoms with Gasteiger partial charge in [0.1, 0.15) is 0 Å². The van der Waals surface area contributed by atoms with Crippen LogP contribution in [0.2, 0.25) is 0 Å². The molecule has 0 aromatic carbocycles. The Hall–Kier alpha value is 1.27. The van der Waals surface area contributed by atoms with E-state index in [9.17, 15) is 0 Å². The topological polar surface area (TPSA) is 18.5 Å². The molecule has 0 fully saturated rings. The molecule has 14 heavy (non-hydrogen) atoms. The SMILES string of the molecule is CCCC(S)SP(=S)(OCC)OCC. The molecule has 0 saturated carbocycles. The molecular weight excluding hydrogens is 255 g/mol. The number of thiol groups is 1. The van der Waals surface area contributed by atoms with Crippen LogP contribution in [-0.2, 0) is 20.9 Å². The fraction of sp³-hybridized carbons (Fsp3) is 1.00. The van der Waals surface area contributed by atoms with E-state index < -0.39 is 5.69 Å². The Morgan fingerprint density at radius 3 is 2.14 bits per heavy atom. The van der Waals surface area contributed by atoms with Crippen LogP contribution < -0.4 is 0 Å². The van der Waals surface area contributed by atoms with Crippen molar-refractivity contribution in [3.63, 3.8) is 0 Å². The summed E-state index contributed by atoms with van der Waals surface area (Å²) in [6.45, 7) is 7.23. The molecule has 0 saturated heterocycles. The fourth-order valence-electron chi connectivity index (χ4n) is 0.863. The molecule has 86 valence electrons. The molecule has 0 aromatic rings. The van der Waals surface area contributed by atoms with Crippen LogP contribution in [-0.4, -0.2) is 17.8 Å². The minimum absolute atomic E-state index is 0.226. The lowest BCUT2D eigenvalue weighted by Crippen LogP contribution is -1.97. The van der Waals surface area contributed by atoms with Crippen LogP contribution in [0, 0.1) is 0 Å². The van der Waals surface area contributed by atoms with Gasteiger partial charge >= 0.3 is 0 Å². The number of hydrogen-bond donors (Lipinski definition) is 1. The van der Waals surface area contributed by atoms with Gasteiger partial charge in [0.25, 0.3) is 0 Å². The number of rotatable bonds is 8. The predicted molar refractivity (Wildman–Crippen MR) is 72.8 cm³/mol. The zero-order chi connectivity index (χ0) is 11.0. The first-order valence-electron chi connectivity index (χ1n) is 4.83. The van der Waals surface area contributed by atoms with Crippen molar-refractivity contribution < 1.29 is 9.05 Å². The van der Waals surface area contributed by atoms with E-state index in [1.54, 1.807) is 11.4 Å². The molecular formula is C8H19O2PS3. The van der Waals surface area contributed by atoms with Gasteiger partial charge in [-0.1, -0.05) is 24.7 Å². The standard InChI is InChI=1S/C8H19O2PS3/c1-4-7-8(12)14-11(13,9-5-2)10-6-3/h8,12H,4-7H2,1-3H3.